The van der Waals surface area contributed by atoms with Crippen LogP contribution in [0.4, 0.5) is 4.39 Å². The zero-order valence-electron chi connectivity index (χ0n) is 8.02. The summed E-state index contributed by atoms with van der Waals surface area (Å²) in [7, 11) is 0. The molecule has 0 aliphatic heterocycles. The van der Waals surface area contributed by atoms with Crippen molar-refractivity contribution in [1.29, 1.82) is 5.26 Å². The Morgan fingerprint density at radius 2 is 2.27 bits per heavy atom. The summed E-state index contributed by atoms with van der Waals surface area (Å²) in [6.45, 7) is 1.83. The highest BCUT2D eigenvalue weighted by molar-refractivity contribution is 9.10. The van der Waals surface area contributed by atoms with Gasteiger partial charge in [-0.2, -0.15) is 5.26 Å². The number of allylic oxidation sites excluding steroid dienone is 1. The van der Waals surface area contributed by atoms with E-state index in [0.717, 1.165) is 0 Å². The second-order valence-electron chi connectivity index (χ2n) is 2.89. The number of nitriles is 1. The Balaban J connectivity index is 3.24. The Hall–Kier alpha value is -0.850. The summed E-state index contributed by atoms with van der Waals surface area (Å²) >= 11 is 9.02. The molecule has 1 aromatic rings. The minimum Gasteiger partial charge on any atom is -0.206 e. The zero-order valence-corrected chi connectivity index (χ0v) is 10.4. The van der Waals surface area contributed by atoms with Gasteiger partial charge in [-0.25, -0.2) is 4.39 Å². The first-order valence-electron chi connectivity index (χ1n) is 4.34. The summed E-state index contributed by atoms with van der Waals surface area (Å²) in [5.41, 5.74) is 0.981. The molecule has 1 aromatic carbocycles. The number of benzene rings is 1. The van der Waals surface area contributed by atoms with Crippen LogP contribution in [0.2, 0.25) is 0 Å². The standard InChI is InChI=1S/C11H8BrClFN/c1-2-7(6-15)11(13)8-3-4-9(12)10(14)5-8/h3-5H,2H2,1H3. The summed E-state index contributed by atoms with van der Waals surface area (Å²) in [6.07, 6.45) is 0.535. The van der Waals surface area contributed by atoms with E-state index in [1.54, 1.807) is 12.1 Å². The predicted molar refractivity (Wildman–Crippen MR) is 62.8 cm³/mol. The first-order chi connectivity index (χ1) is 7.10. The molecule has 0 atom stereocenters. The third-order valence-electron chi connectivity index (χ3n) is 1.93. The van der Waals surface area contributed by atoms with Crippen LogP contribution in [0.1, 0.15) is 18.9 Å². The molecule has 0 amide bonds. The van der Waals surface area contributed by atoms with E-state index in [9.17, 15) is 4.39 Å². The van der Waals surface area contributed by atoms with Crippen molar-refractivity contribution >= 4 is 32.6 Å². The number of hydrogen-bond acceptors (Lipinski definition) is 1. The lowest BCUT2D eigenvalue weighted by molar-refractivity contribution is 0.621. The van der Waals surface area contributed by atoms with E-state index in [0.29, 0.717) is 27.1 Å². The third kappa shape index (κ3) is 2.80. The molecule has 0 aromatic heterocycles. The molecule has 0 spiro atoms. The van der Waals surface area contributed by atoms with Crippen LogP contribution in [0.15, 0.2) is 28.2 Å². The van der Waals surface area contributed by atoms with Crippen LogP contribution >= 0.6 is 27.5 Å². The minimum atomic E-state index is -0.390. The van der Waals surface area contributed by atoms with Crippen molar-refractivity contribution < 1.29 is 4.39 Å². The Morgan fingerprint density at radius 1 is 1.60 bits per heavy atom. The fourth-order valence-electron chi connectivity index (χ4n) is 1.09. The number of halogens is 3. The molecule has 4 heteroatoms. The minimum absolute atomic E-state index is 0.311. The van der Waals surface area contributed by atoms with Gasteiger partial charge in [0.1, 0.15) is 5.82 Å². The molecule has 1 rings (SSSR count). The summed E-state index contributed by atoms with van der Waals surface area (Å²) < 4.78 is 13.6. The molecule has 0 unspecified atom stereocenters. The summed E-state index contributed by atoms with van der Waals surface area (Å²) in [6, 6.07) is 6.54. The second kappa shape index (κ2) is 5.29. The maximum atomic E-state index is 13.2. The van der Waals surface area contributed by atoms with Crippen LogP contribution in [-0.2, 0) is 0 Å². The molecule has 0 saturated carbocycles. The van der Waals surface area contributed by atoms with Crippen molar-refractivity contribution in [3.05, 3.63) is 39.6 Å². The topological polar surface area (TPSA) is 23.8 Å². The summed E-state index contributed by atoms with van der Waals surface area (Å²) in [4.78, 5) is 0. The van der Waals surface area contributed by atoms with Gasteiger partial charge in [0.05, 0.1) is 15.6 Å². The molecule has 15 heavy (non-hydrogen) atoms. The highest BCUT2D eigenvalue weighted by Gasteiger charge is 2.07. The van der Waals surface area contributed by atoms with Crippen molar-refractivity contribution in [3.8, 4) is 6.07 Å². The van der Waals surface area contributed by atoms with Crippen molar-refractivity contribution in [2.24, 2.45) is 0 Å². The monoisotopic (exact) mass is 287 g/mol. The molecule has 78 valence electrons. The van der Waals surface area contributed by atoms with E-state index in [4.69, 9.17) is 16.9 Å². The van der Waals surface area contributed by atoms with E-state index < -0.39 is 0 Å². The Bertz CT molecular complexity index is 448. The molecule has 0 aliphatic carbocycles. The van der Waals surface area contributed by atoms with Gasteiger partial charge in [0.25, 0.3) is 0 Å². The maximum absolute atomic E-state index is 13.2. The van der Waals surface area contributed by atoms with Gasteiger partial charge >= 0.3 is 0 Å². The zero-order chi connectivity index (χ0) is 11.4. The molecule has 1 nitrogen and oxygen atoms in total. The first-order valence-corrected chi connectivity index (χ1v) is 5.51. The number of hydrogen-bond donors (Lipinski definition) is 0. The van der Waals surface area contributed by atoms with Crippen LogP contribution in [-0.4, -0.2) is 0 Å². The molecule has 0 aliphatic rings. The van der Waals surface area contributed by atoms with Gasteiger partial charge in [-0.05, 0) is 40.0 Å². The van der Waals surface area contributed by atoms with Gasteiger partial charge in [0.15, 0.2) is 0 Å². The van der Waals surface area contributed by atoms with Crippen LogP contribution in [0, 0.1) is 17.1 Å². The van der Waals surface area contributed by atoms with Gasteiger partial charge in [-0.3, -0.25) is 0 Å². The van der Waals surface area contributed by atoms with Gasteiger partial charge in [0, 0.05) is 5.57 Å². The predicted octanol–water partition coefficient (Wildman–Crippen LogP) is 4.47. The smallest absolute Gasteiger partial charge is 0.138 e. The lowest BCUT2D eigenvalue weighted by Crippen LogP contribution is -1.86. The largest absolute Gasteiger partial charge is 0.206 e. The SMILES string of the molecule is CCC(C#N)=C(Cl)c1ccc(Br)c(F)c1. The average Bonchev–Trinajstić information content (AvgIpc) is 2.23. The van der Waals surface area contributed by atoms with Gasteiger partial charge in [0.2, 0.25) is 0 Å². The number of nitrogens with zero attached hydrogens (tertiary/aromatic N) is 1. The molecular formula is C11H8BrClFN. The highest BCUT2D eigenvalue weighted by Crippen LogP contribution is 2.27. The van der Waals surface area contributed by atoms with Crippen LogP contribution in [0.25, 0.3) is 5.03 Å². The number of rotatable bonds is 2. The average molecular weight is 289 g/mol. The molecule has 0 saturated heterocycles. The Kier molecular flexibility index (Phi) is 4.31. The van der Waals surface area contributed by atoms with Crippen LogP contribution in [0.3, 0.4) is 0 Å². The molecule has 0 radical (unpaired) electrons. The molecule has 0 N–H and O–H groups in total. The van der Waals surface area contributed by atoms with E-state index in [1.807, 2.05) is 13.0 Å². The van der Waals surface area contributed by atoms with Gasteiger partial charge in [-0.15, -0.1) is 0 Å². The first kappa shape index (κ1) is 12.2. The lowest BCUT2D eigenvalue weighted by Gasteiger charge is -2.03. The third-order valence-corrected chi connectivity index (χ3v) is 3.02. The summed E-state index contributed by atoms with van der Waals surface area (Å²) in [5, 5.41) is 9.10. The Labute approximate surface area is 101 Å². The van der Waals surface area contributed by atoms with E-state index >= 15 is 0 Å². The van der Waals surface area contributed by atoms with E-state index in [2.05, 4.69) is 15.9 Å². The fourth-order valence-corrected chi connectivity index (χ4v) is 1.63. The normalized spacial score (nSPS) is 11.9. The van der Waals surface area contributed by atoms with Crippen molar-refractivity contribution in [1.82, 2.24) is 0 Å². The van der Waals surface area contributed by atoms with E-state index in [1.165, 1.54) is 6.07 Å². The quantitative estimate of drug-likeness (QED) is 0.737. The summed E-state index contributed by atoms with van der Waals surface area (Å²) in [5.74, 6) is -0.390. The molecule has 0 heterocycles. The maximum Gasteiger partial charge on any atom is 0.138 e. The Morgan fingerprint density at radius 3 is 2.73 bits per heavy atom. The molecular weight excluding hydrogens is 280 g/mol. The second-order valence-corrected chi connectivity index (χ2v) is 4.12. The molecule has 0 fully saturated rings. The van der Waals surface area contributed by atoms with Crippen LogP contribution in [0.5, 0.6) is 0 Å². The van der Waals surface area contributed by atoms with Crippen molar-refractivity contribution in [2.45, 2.75) is 13.3 Å². The highest BCUT2D eigenvalue weighted by atomic mass is 79.9. The van der Waals surface area contributed by atoms with E-state index in [-0.39, 0.29) is 5.82 Å². The lowest BCUT2D eigenvalue weighted by atomic mass is 10.1. The van der Waals surface area contributed by atoms with Crippen molar-refractivity contribution in [2.75, 3.05) is 0 Å². The van der Waals surface area contributed by atoms with Crippen LogP contribution < -0.4 is 0 Å². The van der Waals surface area contributed by atoms with Gasteiger partial charge < -0.3 is 0 Å². The van der Waals surface area contributed by atoms with Crippen molar-refractivity contribution in [3.63, 3.8) is 0 Å². The van der Waals surface area contributed by atoms with Gasteiger partial charge in [-0.1, -0.05) is 24.6 Å². The molecule has 0 bridgehead atoms. The fraction of sp³-hybridized carbons (Fsp3) is 0.182.